The number of benzene rings is 1. The summed E-state index contributed by atoms with van der Waals surface area (Å²) in [5, 5.41) is 0. The van der Waals surface area contributed by atoms with E-state index in [-0.39, 0.29) is 17.5 Å². The second-order valence-corrected chi connectivity index (χ2v) is 6.13. The van der Waals surface area contributed by atoms with Crippen LogP contribution in [-0.2, 0) is 6.18 Å². The van der Waals surface area contributed by atoms with Gasteiger partial charge in [0.1, 0.15) is 0 Å². The summed E-state index contributed by atoms with van der Waals surface area (Å²) in [4.78, 5) is 1.51. The SMILES string of the molecule is CC(C)C(N)c1ccc(-c2ccccc2C(F)(F)F)s1. The van der Waals surface area contributed by atoms with E-state index < -0.39 is 11.7 Å². The molecule has 0 amide bonds. The van der Waals surface area contributed by atoms with Crippen molar-refractivity contribution < 1.29 is 13.2 Å². The largest absolute Gasteiger partial charge is 0.417 e. The van der Waals surface area contributed by atoms with Crippen molar-refractivity contribution in [3.8, 4) is 10.4 Å². The van der Waals surface area contributed by atoms with Gasteiger partial charge in [-0.2, -0.15) is 13.2 Å². The van der Waals surface area contributed by atoms with Crippen LogP contribution in [0, 0.1) is 5.92 Å². The average molecular weight is 299 g/mol. The third-order valence-corrected chi connectivity index (χ3v) is 4.39. The first-order valence-electron chi connectivity index (χ1n) is 6.32. The highest BCUT2D eigenvalue weighted by molar-refractivity contribution is 7.15. The number of alkyl halides is 3. The van der Waals surface area contributed by atoms with E-state index in [9.17, 15) is 13.2 Å². The van der Waals surface area contributed by atoms with Crippen LogP contribution in [-0.4, -0.2) is 0 Å². The summed E-state index contributed by atoms with van der Waals surface area (Å²) in [6.45, 7) is 3.99. The van der Waals surface area contributed by atoms with E-state index in [1.54, 1.807) is 12.1 Å². The van der Waals surface area contributed by atoms with E-state index in [1.165, 1.54) is 23.5 Å². The lowest BCUT2D eigenvalue weighted by Crippen LogP contribution is -2.14. The van der Waals surface area contributed by atoms with Crippen molar-refractivity contribution in [2.75, 3.05) is 0 Å². The van der Waals surface area contributed by atoms with Gasteiger partial charge in [0.25, 0.3) is 0 Å². The summed E-state index contributed by atoms with van der Waals surface area (Å²) >= 11 is 1.33. The van der Waals surface area contributed by atoms with E-state index in [4.69, 9.17) is 5.73 Å². The van der Waals surface area contributed by atoms with Crippen LogP contribution >= 0.6 is 11.3 Å². The summed E-state index contributed by atoms with van der Waals surface area (Å²) in [5.74, 6) is 0.249. The van der Waals surface area contributed by atoms with Crippen molar-refractivity contribution in [2.45, 2.75) is 26.1 Å². The van der Waals surface area contributed by atoms with E-state index in [0.717, 1.165) is 10.9 Å². The third kappa shape index (κ3) is 3.04. The quantitative estimate of drug-likeness (QED) is 0.839. The molecule has 0 saturated carbocycles. The van der Waals surface area contributed by atoms with Crippen molar-refractivity contribution in [3.05, 3.63) is 46.8 Å². The molecule has 0 aliphatic heterocycles. The molecular weight excluding hydrogens is 283 g/mol. The number of nitrogens with two attached hydrogens (primary N) is 1. The molecule has 2 aromatic rings. The van der Waals surface area contributed by atoms with E-state index in [0.29, 0.717) is 4.88 Å². The molecule has 0 fully saturated rings. The molecule has 0 spiro atoms. The molecule has 5 heteroatoms. The molecule has 0 aliphatic rings. The van der Waals surface area contributed by atoms with Crippen molar-refractivity contribution in [3.63, 3.8) is 0 Å². The minimum atomic E-state index is -4.35. The van der Waals surface area contributed by atoms with Gasteiger partial charge >= 0.3 is 6.18 Å². The molecule has 1 aromatic carbocycles. The van der Waals surface area contributed by atoms with Gasteiger partial charge in [0, 0.05) is 21.4 Å². The molecule has 2 rings (SSSR count). The van der Waals surface area contributed by atoms with Gasteiger partial charge in [-0.1, -0.05) is 32.0 Å². The maximum absolute atomic E-state index is 13.0. The summed E-state index contributed by atoms with van der Waals surface area (Å²) < 4.78 is 39.0. The fourth-order valence-electron chi connectivity index (χ4n) is 1.95. The second kappa shape index (κ2) is 5.58. The standard InChI is InChI=1S/C15H16F3NS/c1-9(2)14(19)13-8-7-12(20-13)10-5-3-4-6-11(10)15(16,17)18/h3-9,14H,19H2,1-2H3. The number of hydrogen-bond acceptors (Lipinski definition) is 2. The highest BCUT2D eigenvalue weighted by atomic mass is 32.1. The lowest BCUT2D eigenvalue weighted by atomic mass is 10.0. The Morgan fingerprint density at radius 3 is 2.30 bits per heavy atom. The van der Waals surface area contributed by atoms with Crippen molar-refractivity contribution in [1.82, 2.24) is 0 Å². The second-order valence-electron chi connectivity index (χ2n) is 5.02. The molecule has 108 valence electrons. The molecule has 0 saturated heterocycles. The molecular formula is C15H16F3NS. The minimum Gasteiger partial charge on any atom is -0.323 e. The Balaban J connectivity index is 2.43. The molecule has 1 heterocycles. The van der Waals surface area contributed by atoms with Gasteiger partial charge in [-0.3, -0.25) is 0 Å². The summed E-state index contributed by atoms with van der Waals surface area (Å²) in [7, 11) is 0. The molecule has 0 bridgehead atoms. The molecule has 20 heavy (non-hydrogen) atoms. The van der Waals surface area contributed by atoms with Crippen LogP contribution < -0.4 is 5.73 Å². The van der Waals surface area contributed by atoms with Crippen LogP contribution in [0.1, 0.15) is 30.3 Å². The van der Waals surface area contributed by atoms with Crippen LogP contribution in [0.25, 0.3) is 10.4 Å². The Kier molecular flexibility index (Phi) is 4.20. The Hall–Kier alpha value is -1.33. The monoisotopic (exact) mass is 299 g/mol. The van der Waals surface area contributed by atoms with Crippen LogP contribution in [0.5, 0.6) is 0 Å². The number of halogens is 3. The molecule has 0 radical (unpaired) electrons. The van der Waals surface area contributed by atoms with E-state index in [2.05, 4.69) is 0 Å². The van der Waals surface area contributed by atoms with Crippen LogP contribution in [0.3, 0.4) is 0 Å². The molecule has 1 atom stereocenters. The summed E-state index contributed by atoms with van der Waals surface area (Å²) in [6.07, 6.45) is -4.35. The lowest BCUT2D eigenvalue weighted by molar-refractivity contribution is -0.137. The zero-order valence-electron chi connectivity index (χ0n) is 11.2. The summed E-state index contributed by atoms with van der Waals surface area (Å²) in [5.41, 5.74) is 5.65. The summed E-state index contributed by atoms with van der Waals surface area (Å²) in [6, 6.07) is 9.01. The van der Waals surface area contributed by atoms with Crippen LogP contribution in [0.2, 0.25) is 0 Å². The Labute approximate surface area is 120 Å². The Morgan fingerprint density at radius 2 is 1.70 bits per heavy atom. The molecule has 1 aromatic heterocycles. The van der Waals surface area contributed by atoms with Crippen LogP contribution in [0.15, 0.2) is 36.4 Å². The van der Waals surface area contributed by atoms with Crippen molar-refractivity contribution in [2.24, 2.45) is 11.7 Å². The zero-order valence-corrected chi connectivity index (χ0v) is 12.1. The minimum absolute atomic E-state index is 0.146. The smallest absolute Gasteiger partial charge is 0.323 e. The fourth-order valence-corrected chi connectivity index (χ4v) is 3.17. The average Bonchev–Trinajstić information content (AvgIpc) is 2.86. The normalized spacial score (nSPS) is 13.8. The van der Waals surface area contributed by atoms with Gasteiger partial charge in [-0.25, -0.2) is 0 Å². The zero-order chi connectivity index (χ0) is 14.9. The fraction of sp³-hybridized carbons (Fsp3) is 0.333. The predicted molar refractivity (Wildman–Crippen MR) is 76.5 cm³/mol. The Bertz CT molecular complexity index is 587. The van der Waals surface area contributed by atoms with Crippen molar-refractivity contribution in [1.29, 1.82) is 0 Å². The number of thiophene rings is 1. The number of hydrogen-bond donors (Lipinski definition) is 1. The van der Waals surface area contributed by atoms with Gasteiger partial charge < -0.3 is 5.73 Å². The first-order chi connectivity index (χ1) is 9.30. The maximum Gasteiger partial charge on any atom is 0.417 e. The Morgan fingerprint density at radius 1 is 1.05 bits per heavy atom. The highest BCUT2D eigenvalue weighted by Gasteiger charge is 2.33. The van der Waals surface area contributed by atoms with Gasteiger partial charge in [-0.05, 0) is 24.1 Å². The van der Waals surface area contributed by atoms with Gasteiger partial charge in [-0.15, -0.1) is 11.3 Å². The van der Waals surface area contributed by atoms with E-state index in [1.807, 2.05) is 19.9 Å². The molecule has 0 aliphatic carbocycles. The number of rotatable bonds is 3. The predicted octanol–water partition coefficient (Wildman–Crippen LogP) is 5.09. The topological polar surface area (TPSA) is 26.0 Å². The lowest BCUT2D eigenvalue weighted by Gasteiger charge is -2.13. The van der Waals surface area contributed by atoms with Gasteiger partial charge in [0.15, 0.2) is 0 Å². The van der Waals surface area contributed by atoms with Crippen LogP contribution in [0.4, 0.5) is 13.2 Å². The first kappa shape index (κ1) is 15.1. The maximum atomic E-state index is 13.0. The molecule has 2 N–H and O–H groups in total. The highest BCUT2D eigenvalue weighted by Crippen LogP contribution is 2.40. The molecule has 1 nitrogen and oxygen atoms in total. The van der Waals surface area contributed by atoms with Gasteiger partial charge in [0.05, 0.1) is 5.56 Å². The van der Waals surface area contributed by atoms with Crippen molar-refractivity contribution >= 4 is 11.3 Å². The first-order valence-corrected chi connectivity index (χ1v) is 7.14. The molecule has 1 unspecified atom stereocenters. The van der Waals surface area contributed by atoms with Gasteiger partial charge in [0.2, 0.25) is 0 Å². The third-order valence-electron chi connectivity index (χ3n) is 3.17. The van der Waals surface area contributed by atoms with E-state index >= 15 is 0 Å².